The maximum atomic E-state index is 11.5. The third-order valence-corrected chi connectivity index (χ3v) is 3.86. The van der Waals surface area contributed by atoms with Crippen LogP contribution in [0.4, 0.5) is 34.1 Å². The number of hydrogen-bond donors (Lipinski definition) is 0. The van der Waals surface area contributed by atoms with Gasteiger partial charge in [-0.15, -0.1) is 0 Å². The van der Waals surface area contributed by atoms with Gasteiger partial charge in [0.2, 0.25) is 11.4 Å². The van der Waals surface area contributed by atoms with Crippen molar-refractivity contribution in [3.05, 3.63) is 103 Å². The van der Waals surface area contributed by atoms with Gasteiger partial charge in [0, 0.05) is 29.4 Å². The van der Waals surface area contributed by atoms with Crippen molar-refractivity contribution in [3.8, 4) is 0 Å². The van der Waals surface area contributed by atoms with Crippen molar-refractivity contribution in [2.24, 2.45) is 5.11 Å². The monoisotopic (exact) mass is 394 g/mol. The molecule has 3 aromatic rings. The molecule has 0 N–H and O–H groups in total. The van der Waals surface area contributed by atoms with E-state index in [-0.39, 0.29) is 0 Å². The van der Waals surface area contributed by atoms with Gasteiger partial charge in [-0.1, -0.05) is 36.4 Å². The minimum atomic E-state index is -0.938. The number of azo groups is 2. The van der Waals surface area contributed by atoms with Gasteiger partial charge >= 0.3 is 11.4 Å². The van der Waals surface area contributed by atoms with Crippen LogP contribution in [-0.4, -0.2) is 14.8 Å². The van der Waals surface area contributed by atoms with E-state index in [0.29, 0.717) is 23.5 Å². The molecule has 29 heavy (non-hydrogen) atoms. The molecular formula is C18H12N5O6+. The maximum Gasteiger partial charge on any atom is 0.315 e. The number of benzene rings is 3. The van der Waals surface area contributed by atoms with Crippen molar-refractivity contribution in [2.75, 3.05) is 0 Å². The Morgan fingerprint density at radius 1 is 0.586 bits per heavy atom. The van der Waals surface area contributed by atoms with Crippen LogP contribution >= 0.6 is 0 Å². The Bertz CT molecular complexity index is 1060. The molecule has 0 saturated carbocycles. The molecule has 0 saturated heterocycles. The first kappa shape index (κ1) is 19.2. The SMILES string of the molecule is O=[N+]([O-])c1cc([N+](=O)[O-])c(N=[N+](c2ccccc2)c2ccccc2)c([N+](=O)[O-])c1. The molecule has 144 valence electrons. The minimum absolute atomic E-state index is 0.487. The average molecular weight is 394 g/mol. The lowest BCUT2D eigenvalue weighted by Crippen LogP contribution is -2.03. The molecule has 0 bridgehead atoms. The predicted octanol–water partition coefficient (Wildman–Crippen LogP) is 5.03. The van der Waals surface area contributed by atoms with Crippen LogP contribution in [0.15, 0.2) is 77.9 Å². The zero-order valence-electron chi connectivity index (χ0n) is 14.6. The molecule has 0 aliphatic carbocycles. The zero-order valence-corrected chi connectivity index (χ0v) is 14.6. The number of non-ortho nitro benzene ring substituents is 1. The molecule has 3 rings (SSSR count). The number of nitro groups is 3. The van der Waals surface area contributed by atoms with E-state index < -0.39 is 37.5 Å². The summed E-state index contributed by atoms with van der Waals surface area (Å²) in [7, 11) is 0. The Morgan fingerprint density at radius 2 is 1.00 bits per heavy atom. The Morgan fingerprint density at radius 3 is 1.34 bits per heavy atom. The van der Waals surface area contributed by atoms with E-state index in [1.54, 1.807) is 60.7 Å². The highest BCUT2D eigenvalue weighted by atomic mass is 16.6. The van der Waals surface area contributed by atoms with Crippen molar-refractivity contribution in [1.82, 2.24) is 4.70 Å². The first-order chi connectivity index (χ1) is 13.9. The molecule has 0 aliphatic rings. The second-order valence-corrected chi connectivity index (χ2v) is 5.69. The Labute approximate surface area is 162 Å². The van der Waals surface area contributed by atoms with Gasteiger partial charge in [-0.05, 0) is 4.70 Å². The van der Waals surface area contributed by atoms with E-state index in [9.17, 15) is 30.3 Å². The van der Waals surface area contributed by atoms with Crippen LogP contribution in [-0.2, 0) is 0 Å². The fourth-order valence-electron chi connectivity index (χ4n) is 2.58. The molecule has 11 nitrogen and oxygen atoms in total. The normalized spacial score (nSPS) is 10.2. The standard InChI is InChI=1S/C18H12N5O6/c24-21(25)15-11-16(22(26)27)18(17(12-15)23(28)29)19-20(13-7-3-1-4-8-13)14-9-5-2-6-10-14/h1-12H/q+1. The van der Waals surface area contributed by atoms with Gasteiger partial charge in [0.05, 0.1) is 26.9 Å². The summed E-state index contributed by atoms with van der Waals surface area (Å²) >= 11 is 0. The molecule has 0 amide bonds. The van der Waals surface area contributed by atoms with Crippen LogP contribution in [0.1, 0.15) is 0 Å². The number of para-hydroxylation sites is 2. The first-order valence-electron chi connectivity index (χ1n) is 8.11. The highest BCUT2D eigenvalue weighted by Gasteiger charge is 2.34. The van der Waals surface area contributed by atoms with Crippen molar-refractivity contribution in [2.45, 2.75) is 0 Å². The van der Waals surface area contributed by atoms with Gasteiger partial charge < -0.3 is 0 Å². The predicted molar refractivity (Wildman–Crippen MR) is 103 cm³/mol. The van der Waals surface area contributed by atoms with Gasteiger partial charge in [0.25, 0.3) is 11.4 Å². The van der Waals surface area contributed by atoms with E-state index in [4.69, 9.17) is 0 Å². The summed E-state index contributed by atoms with van der Waals surface area (Å²) in [5, 5.41) is 38.2. The number of nitro benzene ring substituents is 3. The quantitative estimate of drug-likeness (QED) is 0.248. The van der Waals surface area contributed by atoms with Crippen molar-refractivity contribution in [3.63, 3.8) is 0 Å². The van der Waals surface area contributed by atoms with Gasteiger partial charge in [-0.2, -0.15) is 0 Å². The Kier molecular flexibility index (Phi) is 5.30. The smallest absolute Gasteiger partial charge is 0.258 e. The van der Waals surface area contributed by atoms with Gasteiger partial charge in [-0.3, -0.25) is 30.3 Å². The molecule has 0 heterocycles. The zero-order chi connectivity index (χ0) is 21.0. The minimum Gasteiger partial charge on any atom is -0.258 e. The van der Waals surface area contributed by atoms with E-state index >= 15 is 0 Å². The van der Waals surface area contributed by atoms with Crippen LogP contribution in [0.3, 0.4) is 0 Å². The largest absolute Gasteiger partial charge is 0.315 e. The van der Waals surface area contributed by atoms with Crippen molar-refractivity contribution in [1.29, 1.82) is 0 Å². The molecule has 0 atom stereocenters. The Balaban J connectivity index is 2.37. The highest BCUT2D eigenvalue weighted by molar-refractivity contribution is 5.74. The van der Waals surface area contributed by atoms with Crippen LogP contribution in [0.2, 0.25) is 0 Å². The fourth-order valence-corrected chi connectivity index (χ4v) is 2.58. The van der Waals surface area contributed by atoms with E-state index in [1.807, 2.05) is 0 Å². The topological polar surface area (TPSA) is 145 Å². The lowest BCUT2D eigenvalue weighted by atomic mass is 10.2. The van der Waals surface area contributed by atoms with Gasteiger partial charge in [-0.25, -0.2) is 0 Å². The van der Waals surface area contributed by atoms with E-state index in [2.05, 4.69) is 5.11 Å². The average Bonchev–Trinajstić information content (AvgIpc) is 2.72. The molecule has 0 spiro atoms. The molecule has 0 fully saturated rings. The molecule has 11 heteroatoms. The summed E-state index contributed by atoms with van der Waals surface area (Å²) < 4.78 is 1.29. The molecule has 0 radical (unpaired) electrons. The molecule has 0 unspecified atom stereocenters. The second-order valence-electron chi connectivity index (χ2n) is 5.69. The molecule has 0 aliphatic heterocycles. The summed E-state index contributed by atoms with van der Waals surface area (Å²) in [6, 6.07) is 18.3. The Hall–Kier alpha value is -4.54. The number of nitrogens with zero attached hydrogens (tertiary/aromatic N) is 5. The summed E-state index contributed by atoms with van der Waals surface area (Å²) in [4.78, 5) is 31.3. The summed E-state index contributed by atoms with van der Waals surface area (Å²) in [5.41, 5.74) is -2.08. The van der Waals surface area contributed by atoms with Crippen LogP contribution in [0.5, 0.6) is 0 Å². The third kappa shape index (κ3) is 4.08. The second kappa shape index (κ2) is 8.00. The highest BCUT2D eigenvalue weighted by Crippen LogP contribution is 2.41. The number of rotatable bonds is 6. The first-order valence-corrected chi connectivity index (χ1v) is 8.11. The summed E-state index contributed by atoms with van der Waals surface area (Å²) in [6.07, 6.45) is 0. The fraction of sp³-hybridized carbons (Fsp3) is 0. The van der Waals surface area contributed by atoms with Crippen LogP contribution in [0, 0.1) is 30.3 Å². The lowest BCUT2D eigenvalue weighted by molar-refractivity contribution is -0.402. The van der Waals surface area contributed by atoms with E-state index in [0.717, 1.165) is 0 Å². The molecule has 3 aromatic carbocycles. The summed E-state index contributed by atoms with van der Waals surface area (Å²) in [6.45, 7) is 0. The van der Waals surface area contributed by atoms with Crippen LogP contribution < -0.4 is 4.70 Å². The molecular weight excluding hydrogens is 382 g/mol. The maximum absolute atomic E-state index is 11.5. The van der Waals surface area contributed by atoms with Gasteiger partial charge in [0.1, 0.15) is 0 Å². The van der Waals surface area contributed by atoms with Gasteiger partial charge in [0.15, 0.2) is 0 Å². The lowest BCUT2D eigenvalue weighted by Gasteiger charge is -2.02. The molecule has 0 aromatic heterocycles. The van der Waals surface area contributed by atoms with E-state index in [1.165, 1.54) is 4.70 Å². The van der Waals surface area contributed by atoms with Crippen molar-refractivity contribution < 1.29 is 14.8 Å². The summed E-state index contributed by atoms with van der Waals surface area (Å²) in [5.74, 6) is 0. The van der Waals surface area contributed by atoms with Crippen molar-refractivity contribution >= 4 is 34.1 Å². The number of hydrogen-bond acceptors (Lipinski definition) is 7. The third-order valence-electron chi connectivity index (χ3n) is 3.86. The van der Waals surface area contributed by atoms with Crippen LogP contribution in [0.25, 0.3) is 0 Å².